The molecule has 0 aromatic carbocycles. The third kappa shape index (κ3) is 9.89. The van der Waals surface area contributed by atoms with E-state index < -0.39 is 66.4 Å². The Bertz CT molecular complexity index is 643. The maximum Gasteiger partial charge on any atom is 0.327 e. The highest BCUT2D eigenvalue weighted by atomic mass is 32.1. The van der Waals surface area contributed by atoms with Gasteiger partial charge in [0.15, 0.2) is 0 Å². The van der Waals surface area contributed by atoms with Crippen LogP contribution in [0.3, 0.4) is 0 Å². The van der Waals surface area contributed by atoms with E-state index in [4.69, 9.17) is 15.9 Å². The van der Waals surface area contributed by atoms with Gasteiger partial charge in [0.05, 0.1) is 18.6 Å². The van der Waals surface area contributed by atoms with E-state index >= 15 is 0 Å². The van der Waals surface area contributed by atoms with Crippen LogP contribution in [0, 0.1) is 5.92 Å². The predicted molar refractivity (Wildman–Crippen MR) is 109 cm³/mol. The molecule has 0 saturated heterocycles. The predicted octanol–water partition coefficient (Wildman–Crippen LogP) is -2.32. The molecule has 30 heavy (non-hydrogen) atoms. The standard InChI is InChI=1S/C17H30N4O8S/c1-7(2)4-9(18)14(25)21-13(8(3)22)16(27)19-10(5-12(23)24)15(26)20-11(6-30)17(28)29/h7-11,13,22,30H,4-6,18H2,1-3H3,(H,19,27)(H,20,26)(H,21,25)(H,23,24)(H,28,29). The van der Waals surface area contributed by atoms with Crippen molar-refractivity contribution < 1.29 is 39.3 Å². The van der Waals surface area contributed by atoms with Crippen LogP contribution in [0.5, 0.6) is 0 Å². The normalized spacial score (nSPS) is 16.0. The number of aliphatic hydroxyl groups excluding tert-OH is 1. The summed E-state index contributed by atoms with van der Waals surface area (Å²) in [4.78, 5) is 59.1. The van der Waals surface area contributed by atoms with Crippen molar-refractivity contribution in [3.05, 3.63) is 0 Å². The minimum Gasteiger partial charge on any atom is -0.481 e. The molecule has 0 radical (unpaired) electrons. The fraction of sp³-hybridized carbons (Fsp3) is 0.706. The highest BCUT2D eigenvalue weighted by Crippen LogP contribution is 2.05. The van der Waals surface area contributed by atoms with E-state index in [1.54, 1.807) is 0 Å². The van der Waals surface area contributed by atoms with Crippen molar-refractivity contribution in [2.45, 2.75) is 63.9 Å². The number of carbonyl (C=O) groups is 5. The molecule has 0 saturated carbocycles. The van der Waals surface area contributed by atoms with Crippen LogP contribution in [0.1, 0.15) is 33.6 Å². The number of thiol groups is 1. The zero-order valence-corrected chi connectivity index (χ0v) is 17.9. The van der Waals surface area contributed by atoms with E-state index in [0.717, 1.165) is 0 Å². The molecule has 0 aliphatic carbocycles. The lowest BCUT2D eigenvalue weighted by atomic mass is 10.0. The molecule has 0 bridgehead atoms. The number of amides is 3. The Labute approximate surface area is 179 Å². The second-order valence-corrected chi connectivity index (χ2v) is 7.57. The maximum absolute atomic E-state index is 12.5. The number of nitrogens with one attached hydrogen (secondary N) is 3. The summed E-state index contributed by atoms with van der Waals surface area (Å²) in [6.45, 7) is 4.90. The molecule has 12 nitrogen and oxygen atoms in total. The SMILES string of the molecule is CC(C)CC(N)C(=O)NC(C(=O)NC(CC(=O)O)C(=O)NC(CS)C(=O)O)C(C)O. The van der Waals surface area contributed by atoms with Crippen molar-refractivity contribution >= 4 is 42.3 Å². The van der Waals surface area contributed by atoms with Gasteiger partial charge in [-0.25, -0.2) is 4.79 Å². The molecule has 0 aromatic heterocycles. The number of nitrogens with two attached hydrogens (primary N) is 1. The molecule has 13 heteroatoms. The van der Waals surface area contributed by atoms with Crippen molar-refractivity contribution in [3.8, 4) is 0 Å². The van der Waals surface area contributed by atoms with Gasteiger partial charge >= 0.3 is 11.9 Å². The number of aliphatic carboxylic acids is 2. The highest BCUT2D eigenvalue weighted by molar-refractivity contribution is 7.80. The topological polar surface area (TPSA) is 208 Å². The molecular formula is C17H30N4O8S. The molecule has 0 aromatic rings. The molecule has 0 aliphatic heterocycles. The molecule has 5 atom stereocenters. The highest BCUT2D eigenvalue weighted by Gasteiger charge is 2.33. The van der Waals surface area contributed by atoms with Crippen molar-refractivity contribution in [2.24, 2.45) is 11.7 Å². The van der Waals surface area contributed by atoms with Crippen LogP contribution in [0.4, 0.5) is 0 Å². The van der Waals surface area contributed by atoms with Gasteiger partial charge in [-0.05, 0) is 19.3 Å². The van der Waals surface area contributed by atoms with Crippen molar-refractivity contribution in [2.75, 3.05) is 5.75 Å². The van der Waals surface area contributed by atoms with E-state index in [9.17, 15) is 29.1 Å². The van der Waals surface area contributed by atoms with Crippen LogP contribution < -0.4 is 21.7 Å². The number of aliphatic hydroxyl groups is 1. The molecule has 0 aliphatic rings. The first-order valence-corrected chi connectivity index (χ1v) is 9.83. The number of rotatable bonds is 13. The molecule has 0 heterocycles. The summed E-state index contributed by atoms with van der Waals surface area (Å²) in [5.41, 5.74) is 5.75. The third-order valence-electron chi connectivity index (χ3n) is 3.93. The molecule has 3 amide bonds. The first-order chi connectivity index (χ1) is 13.8. The lowest BCUT2D eigenvalue weighted by Gasteiger charge is -2.26. The lowest BCUT2D eigenvalue weighted by Crippen LogP contribution is -2.60. The second-order valence-electron chi connectivity index (χ2n) is 7.20. The minimum absolute atomic E-state index is 0.0993. The van der Waals surface area contributed by atoms with Gasteiger partial charge in [-0.2, -0.15) is 12.6 Å². The van der Waals surface area contributed by atoms with Crippen LogP contribution in [0.2, 0.25) is 0 Å². The maximum atomic E-state index is 12.5. The Hall–Kier alpha value is -2.38. The Balaban J connectivity index is 5.35. The van der Waals surface area contributed by atoms with E-state index in [2.05, 4.69) is 28.6 Å². The number of carboxylic acid groups (broad SMARTS) is 2. The zero-order valence-electron chi connectivity index (χ0n) is 17.0. The largest absolute Gasteiger partial charge is 0.481 e. The average Bonchev–Trinajstić information content (AvgIpc) is 2.61. The van der Waals surface area contributed by atoms with E-state index in [1.807, 2.05) is 13.8 Å². The van der Waals surface area contributed by atoms with E-state index in [-0.39, 0.29) is 11.7 Å². The molecule has 0 rings (SSSR count). The summed E-state index contributed by atoms with van der Waals surface area (Å²) < 4.78 is 0. The van der Waals surface area contributed by atoms with E-state index in [0.29, 0.717) is 6.42 Å². The van der Waals surface area contributed by atoms with Gasteiger partial charge in [-0.1, -0.05) is 13.8 Å². The van der Waals surface area contributed by atoms with E-state index in [1.165, 1.54) is 6.92 Å². The first-order valence-electron chi connectivity index (χ1n) is 9.20. The summed E-state index contributed by atoms with van der Waals surface area (Å²) in [7, 11) is 0. The van der Waals surface area contributed by atoms with Crippen LogP contribution in [0.15, 0.2) is 0 Å². The fourth-order valence-electron chi connectivity index (χ4n) is 2.38. The summed E-state index contributed by atoms with van der Waals surface area (Å²) in [6, 6.07) is -5.52. The van der Waals surface area contributed by atoms with Crippen LogP contribution in [-0.2, 0) is 24.0 Å². The summed E-state index contributed by atoms with van der Waals surface area (Å²) in [5.74, 6) is -5.81. The van der Waals surface area contributed by atoms with Gasteiger partial charge in [0.1, 0.15) is 18.1 Å². The molecule has 0 fully saturated rings. The molecular weight excluding hydrogens is 420 g/mol. The monoisotopic (exact) mass is 450 g/mol. The fourth-order valence-corrected chi connectivity index (χ4v) is 2.63. The minimum atomic E-state index is -1.65. The van der Waals surface area contributed by atoms with Gasteiger partial charge in [-0.15, -0.1) is 0 Å². The second kappa shape index (κ2) is 13.0. The molecule has 8 N–H and O–H groups in total. The number of hydrogen-bond donors (Lipinski definition) is 8. The van der Waals surface area contributed by atoms with Gasteiger partial charge in [-0.3, -0.25) is 19.2 Å². The van der Waals surface area contributed by atoms with Gasteiger partial charge < -0.3 is 37.0 Å². The van der Waals surface area contributed by atoms with Crippen molar-refractivity contribution in [3.63, 3.8) is 0 Å². The van der Waals surface area contributed by atoms with Crippen molar-refractivity contribution in [1.29, 1.82) is 0 Å². The Morgan fingerprint density at radius 3 is 1.83 bits per heavy atom. The summed E-state index contributed by atoms with van der Waals surface area (Å²) in [5, 5.41) is 34.3. The molecule has 0 spiro atoms. The van der Waals surface area contributed by atoms with Crippen LogP contribution in [-0.4, -0.2) is 81.0 Å². The van der Waals surface area contributed by atoms with Gasteiger partial charge in [0.2, 0.25) is 17.7 Å². The summed E-state index contributed by atoms with van der Waals surface area (Å²) >= 11 is 3.79. The summed E-state index contributed by atoms with van der Waals surface area (Å²) in [6.07, 6.45) is -1.92. The van der Waals surface area contributed by atoms with Gasteiger partial charge in [0.25, 0.3) is 0 Å². The number of hydrogen-bond acceptors (Lipinski definition) is 8. The average molecular weight is 451 g/mol. The van der Waals surface area contributed by atoms with Gasteiger partial charge in [0, 0.05) is 5.75 Å². The quantitative estimate of drug-likeness (QED) is 0.141. The molecule has 5 unspecified atom stereocenters. The van der Waals surface area contributed by atoms with Crippen LogP contribution in [0.25, 0.3) is 0 Å². The molecule has 172 valence electrons. The lowest BCUT2D eigenvalue weighted by molar-refractivity contribution is -0.143. The Morgan fingerprint density at radius 2 is 1.43 bits per heavy atom. The Kier molecular flexibility index (Phi) is 12.0. The third-order valence-corrected chi connectivity index (χ3v) is 4.30. The zero-order chi connectivity index (χ0) is 23.6. The number of carboxylic acids is 2. The smallest absolute Gasteiger partial charge is 0.327 e. The van der Waals surface area contributed by atoms with Crippen LogP contribution >= 0.6 is 12.6 Å². The first kappa shape index (κ1) is 27.6. The Morgan fingerprint density at radius 1 is 0.900 bits per heavy atom. The van der Waals surface area contributed by atoms with Crippen molar-refractivity contribution in [1.82, 2.24) is 16.0 Å². The number of carbonyl (C=O) groups excluding carboxylic acids is 3.